The Morgan fingerprint density at radius 3 is 2.00 bits per heavy atom. The molecule has 0 heterocycles. The Morgan fingerprint density at radius 2 is 1.89 bits per heavy atom. The molecule has 0 spiro atoms. The molecule has 0 aliphatic carbocycles. The minimum atomic E-state index is -4.10. The van der Waals surface area contributed by atoms with E-state index in [0.29, 0.717) is 0 Å². The molecule has 0 aliphatic rings. The fourth-order valence-electron chi connectivity index (χ4n) is 0.241. The number of rotatable bonds is 3. The van der Waals surface area contributed by atoms with Crippen LogP contribution in [0.1, 0.15) is 6.42 Å². The van der Waals surface area contributed by atoms with Gasteiger partial charge in [0.1, 0.15) is 0 Å². The minimum Gasteiger partial charge on any atom is -0.748 e. The molecule has 0 bridgehead atoms. The number of aliphatic hydroxyl groups excluding tert-OH is 1. The van der Waals surface area contributed by atoms with Gasteiger partial charge >= 0.3 is 22.4 Å². The van der Waals surface area contributed by atoms with Gasteiger partial charge in [-0.2, -0.15) is 0 Å². The van der Waals surface area contributed by atoms with E-state index in [1.54, 1.807) is 0 Å². The SMILES string of the molecule is O=S(=O)([O-])CCCO.[Ag+]. The van der Waals surface area contributed by atoms with Crippen LogP contribution in [0.4, 0.5) is 0 Å². The Kier molecular flexibility index (Phi) is 7.38. The minimum absolute atomic E-state index is 0. The van der Waals surface area contributed by atoms with E-state index in [0.717, 1.165) is 0 Å². The molecule has 0 saturated carbocycles. The van der Waals surface area contributed by atoms with E-state index in [-0.39, 0.29) is 35.4 Å². The molecule has 9 heavy (non-hydrogen) atoms. The van der Waals surface area contributed by atoms with Gasteiger partial charge in [0.15, 0.2) is 0 Å². The van der Waals surface area contributed by atoms with Gasteiger partial charge < -0.3 is 9.66 Å². The van der Waals surface area contributed by atoms with Crippen LogP contribution >= 0.6 is 0 Å². The average molecular weight is 247 g/mol. The van der Waals surface area contributed by atoms with Gasteiger partial charge in [-0.1, -0.05) is 0 Å². The Morgan fingerprint density at radius 1 is 1.44 bits per heavy atom. The smallest absolute Gasteiger partial charge is 0.748 e. The quantitative estimate of drug-likeness (QED) is 0.507. The van der Waals surface area contributed by atoms with Crippen LogP contribution in [0.15, 0.2) is 0 Å². The van der Waals surface area contributed by atoms with Gasteiger partial charge in [0, 0.05) is 12.4 Å². The second-order valence-electron chi connectivity index (χ2n) is 1.34. The van der Waals surface area contributed by atoms with Crippen molar-refractivity contribution in [3.05, 3.63) is 0 Å². The van der Waals surface area contributed by atoms with E-state index in [2.05, 4.69) is 0 Å². The summed E-state index contributed by atoms with van der Waals surface area (Å²) in [6.45, 7) is -0.249. The summed E-state index contributed by atoms with van der Waals surface area (Å²) in [5.41, 5.74) is 0. The molecule has 0 aliphatic heterocycles. The van der Waals surface area contributed by atoms with E-state index in [1.807, 2.05) is 0 Å². The van der Waals surface area contributed by atoms with Crippen molar-refractivity contribution in [3.8, 4) is 0 Å². The molecular formula is C3H7AgO4S. The van der Waals surface area contributed by atoms with Crippen molar-refractivity contribution < 1.29 is 40.5 Å². The number of hydrogen-bond donors (Lipinski definition) is 1. The molecule has 1 N–H and O–H groups in total. The summed E-state index contributed by atoms with van der Waals surface area (Å²) < 4.78 is 29.2. The molecule has 0 rings (SSSR count). The Balaban J connectivity index is 0. The van der Waals surface area contributed by atoms with Crippen LogP contribution in [-0.2, 0) is 32.5 Å². The Labute approximate surface area is 69.5 Å². The molecule has 6 heteroatoms. The molecule has 0 fully saturated rings. The summed E-state index contributed by atoms with van der Waals surface area (Å²) in [4.78, 5) is 0. The van der Waals surface area contributed by atoms with Crippen LogP contribution in [-0.4, -0.2) is 30.4 Å². The van der Waals surface area contributed by atoms with Crippen molar-refractivity contribution >= 4 is 10.1 Å². The third-order valence-corrected chi connectivity index (χ3v) is 1.34. The van der Waals surface area contributed by atoms with E-state index >= 15 is 0 Å². The molecule has 0 saturated heterocycles. The summed E-state index contributed by atoms with van der Waals surface area (Å²) in [5, 5.41) is 8.03. The summed E-state index contributed by atoms with van der Waals surface area (Å²) >= 11 is 0. The zero-order valence-electron chi connectivity index (χ0n) is 4.50. The topological polar surface area (TPSA) is 77.4 Å². The van der Waals surface area contributed by atoms with Gasteiger partial charge in [0.25, 0.3) is 0 Å². The molecule has 0 radical (unpaired) electrons. The van der Waals surface area contributed by atoms with Gasteiger partial charge in [-0.3, -0.25) is 0 Å². The first-order chi connectivity index (χ1) is 3.56. The van der Waals surface area contributed by atoms with Crippen LogP contribution in [0.25, 0.3) is 0 Å². The van der Waals surface area contributed by atoms with Crippen LogP contribution in [0.3, 0.4) is 0 Å². The first kappa shape index (κ1) is 12.3. The Bertz CT molecular complexity index is 140. The van der Waals surface area contributed by atoms with Gasteiger partial charge in [0.2, 0.25) is 0 Å². The van der Waals surface area contributed by atoms with Gasteiger partial charge in [-0.05, 0) is 6.42 Å². The first-order valence-electron chi connectivity index (χ1n) is 2.10. The molecule has 4 nitrogen and oxygen atoms in total. The second kappa shape index (κ2) is 5.40. The summed E-state index contributed by atoms with van der Waals surface area (Å²) in [7, 11) is -4.10. The number of hydrogen-bond acceptors (Lipinski definition) is 4. The second-order valence-corrected chi connectivity index (χ2v) is 2.86. The standard InChI is InChI=1S/C3H8O4S.Ag/c4-2-1-3-8(5,6)7;/h4H,1-3H2,(H,5,6,7);/q;+1/p-1. The van der Waals surface area contributed by atoms with Crippen molar-refractivity contribution in [2.24, 2.45) is 0 Å². The third-order valence-electron chi connectivity index (χ3n) is 0.552. The van der Waals surface area contributed by atoms with Crippen molar-refractivity contribution in [2.45, 2.75) is 6.42 Å². The van der Waals surface area contributed by atoms with Gasteiger partial charge in [-0.25, -0.2) is 8.42 Å². The average Bonchev–Trinajstić information content (AvgIpc) is 1.59. The zero-order chi connectivity index (χ0) is 6.62. The molecule has 0 unspecified atom stereocenters. The van der Waals surface area contributed by atoms with Crippen LogP contribution in [0, 0.1) is 0 Å². The Hall–Kier alpha value is 0.610. The van der Waals surface area contributed by atoms with Crippen molar-refractivity contribution in [1.29, 1.82) is 0 Å². The predicted octanol–water partition coefficient (Wildman–Crippen LogP) is -1.09. The summed E-state index contributed by atoms with van der Waals surface area (Å²) in [6, 6.07) is 0. The van der Waals surface area contributed by atoms with E-state index in [4.69, 9.17) is 5.11 Å². The zero-order valence-corrected chi connectivity index (χ0v) is 6.80. The van der Waals surface area contributed by atoms with Crippen molar-refractivity contribution in [2.75, 3.05) is 12.4 Å². The predicted molar refractivity (Wildman–Crippen MR) is 26.3 cm³/mol. The maximum Gasteiger partial charge on any atom is 1.00 e. The fourth-order valence-corrected chi connectivity index (χ4v) is 0.724. The van der Waals surface area contributed by atoms with Crippen LogP contribution in [0.5, 0.6) is 0 Å². The summed E-state index contributed by atoms with van der Waals surface area (Å²) in [5.74, 6) is -0.469. The normalized spacial score (nSPS) is 10.4. The molecule has 0 aromatic rings. The van der Waals surface area contributed by atoms with Crippen molar-refractivity contribution in [3.63, 3.8) is 0 Å². The number of aliphatic hydroxyl groups is 1. The maximum absolute atomic E-state index is 9.72. The third kappa shape index (κ3) is 12.0. The molecule has 0 aromatic heterocycles. The van der Waals surface area contributed by atoms with Gasteiger partial charge in [-0.15, -0.1) is 0 Å². The molecule has 0 atom stereocenters. The monoisotopic (exact) mass is 246 g/mol. The van der Waals surface area contributed by atoms with Crippen molar-refractivity contribution in [1.82, 2.24) is 0 Å². The van der Waals surface area contributed by atoms with E-state index < -0.39 is 15.9 Å². The fraction of sp³-hybridized carbons (Fsp3) is 1.00. The molecule has 60 valence electrons. The first-order valence-corrected chi connectivity index (χ1v) is 3.68. The largest absolute Gasteiger partial charge is 1.00 e. The summed E-state index contributed by atoms with van der Waals surface area (Å²) in [6.07, 6.45) is 0.0336. The molecular weight excluding hydrogens is 240 g/mol. The maximum atomic E-state index is 9.72. The van der Waals surface area contributed by atoms with E-state index in [1.165, 1.54) is 0 Å². The van der Waals surface area contributed by atoms with E-state index in [9.17, 15) is 13.0 Å². The van der Waals surface area contributed by atoms with Crippen LogP contribution < -0.4 is 0 Å². The molecule has 0 aromatic carbocycles. The molecule has 0 amide bonds. The van der Waals surface area contributed by atoms with Crippen LogP contribution in [0.2, 0.25) is 0 Å². The van der Waals surface area contributed by atoms with Gasteiger partial charge in [0.05, 0.1) is 10.1 Å².